The second kappa shape index (κ2) is 7.91. The van der Waals surface area contributed by atoms with Crippen molar-refractivity contribution in [2.24, 2.45) is 0 Å². The first-order valence-corrected chi connectivity index (χ1v) is 8.34. The quantitative estimate of drug-likeness (QED) is 0.886. The van der Waals surface area contributed by atoms with Crippen LogP contribution >= 0.6 is 15.9 Å². The standard InChI is InChI=1S/C16H25BrN2/c1-2-18-13-14-8-9-16(15(17)12-14)19-10-6-4-3-5-7-11-19/h8-9,12,18H,2-7,10-11,13H2,1H3. The van der Waals surface area contributed by atoms with Crippen LogP contribution in [0.2, 0.25) is 0 Å². The van der Waals surface area contributed by atoms with E-state index in [2.05, 4.69) is 51.3 Å². The molecule has 2 rings (SSSR count). The fraction of sp³-hybridized carbons (Fsp3) is 0.625. The van der Waals surface area contributed by atoms with Crippen LogP contribution in [-0.2, 0) is 6.54 Å². The number of anilines is 1. The van der Waals surface area contributed by atoms with Crippen molar-refractivity contribution in [1.29, 1.82) is 0 Å². The third-order valence-corrected chi connectivity index (χ3v) is 4.42. The number of halogens is 1. The highest BCUT2D eigenvalue weighted by molar-refractivity contribution is 9.10. The summed E-state index contributed by atoms with van der Waals surface area (Å²) in [5.74, 6) is 0. The molecular formula is C16H25BrN2. The molecule has 1 aliphatic rings. The first-order chi connectivity index (χ1) is 9.31. The molecule has 0 atom stereocenters. The van der Waals surface area contributed by atoms with E-state index in [4.69, 9.17) is 0 Å². The van der Waals surface area contributed by atoms with Gasteiger partial charge in [0.2, 0.25) is 0 Å². The van der Waals surface area contributed by atoms with Crippen molar-refractivity contribution in [2.45, 2.75) is 45.6 Å². The Labute approximate surface area is 125 Å². The van der Waals surface area contributed by atoms with Crippen LogP contribution in [0.25, 0.3) is 0 Å². The number of hydrogen-bond acceptors (Lipinski definition) is 2. The van der Waals surface area contributed by atoms with Crippen molar-refractivity contribution in [3.05, 3.63) is 28.2 Å². The fourth-order valence-corrected chi connectivity index (χ4v) is 3.35. The first-order valence-electron chi connectivity index (χ1n) is 7.55. The normalized spacial score (nSPS) is 17.1. The number of rotatable bonds is 4. The minimum absolute atomic E-state index is 0.954. The maximum Gasteiger partial charge on any atom is 0.0510 e. The molecule has 1 fully saturated rings. The molecule has 0 saturated carbocycles. The molecule has 1 heterocycles. The molecule has 0 aromatic heterocycles. The summed E-state index contributed by atoms with van der Waals surface area (Å²) in [5, 5.41) is 3.37. The van der Waals surface area contributed by atoms with E-state index in [1.165, 1.54) is 60.9 Å². The van der Waals surface area contributed by atoms with Gasteiger partial charge < -0.3 is 10.2 Å². The predicted molar refractivity (Wildman–Crippen MR) is 86.8 cm³/mol. The van der Waals surface area contributed by atoms with Crippen LogP contribution < -0.4 is 10.2 Å². The van der Waals surface area contributed by atoms with Crippen LogP contribution in [-0.4, -0.2) is 19.6 Å². The molecule has 1 aromatic carbocycles. The van der Waals surface area contributed by atoms with Crippen molar-refractivity contribution >= 4 is 21.6 Å². The third-order valence-electron chi connectivity index (χ3n) is 3.79. The van der Waals surface area contributed by atoms with Gasteiger partial charge in [0.15, 0.2) is 0 Å². The molecule has 0 bridgehead atoms. The molecule has 1 saturated heterocycles. The van der Waals surface area contributed by atoms with Gasteiger partial charge in [0, 0.05) is 24.1 Å². The van der Waals surface area contributed by atoms with Crippen LogP contribution in [0.4, 0.5) is 5.69 Å². The van der Waals surface area contributed by atoms with Gasteiger partial charge in [0.25, 0.3) is 0 Å². The number of hydrogen-bond donors (Lipinski definition) is 1. The molecule has 1 N–H and O–H groups in total. The Morgan fingerprint density at radius 1 is 1.11 bits per heavy atom. The summed E-state index contributed by atoms with van der Waals surface area (Å²) in [6, 6.07) is 6.79. The molecule has 1 aromatic rings. The van der Waals surface area contributed by atoms with Gasteiger partial charge in [-0.05, 0) is 53.0 Å². The van der Waals surface area contributed by atoms with Crippen LogP contribution in [0.1, 0.15) is 44.6 Å². The number of nitrogens with one attached hydrogen (secondary N) is 1. The van der Waals surface area contributed by atoms with Crippen molar-refractivity contribution in [2.75, 3.05) is 24.5 Å². The van der Waals surface area contributed by atoms with Gasteiger partial charge in [0.05, 0.1) is 5.69 Å². The Balaban J connectivity index is 2.05. The SMILES string of the molecule is CCNCc1ccc(N2CCCCCCC2)c(Br)c1. The summed E-state index contributed by atoms with van der Waals surface area (Å²) in [6.45, 7) is 6.51. The average molecular weight is 325 g/mol. The first kappa shape index (κ1) is 14.9. The maximum atomic E-state index is 3.75. The highest BCUT2D eigenvalue weighted by Gasteiger charge is 2.12. The average Bonchev–Trinajstić information content (AvgIpc) is 2.37. The summed E-state index contributed by atoms with van der Waals surface area (Å²) in [6.07, 6.45) is 6.83. The van der Waals surface area contributed by atoms with Gasteiger partial charge in [0.1, 0.15) is 0 Å². The topological polar surface area (TPSA) is 15.3 Å². The fourth-order valence-electron chi connectivity index (χ4n) is 2.67. The summed E-state index contributed by atoms with van der Waals surface area (Å²) in [5.41, 5.74) is 2.71. The third kappa shape index (κ3) is 4.50. The Morgan fingerprint density at radius 3 is 2.42 bits per heavy atom. The molecule has 106 valence electrons. The molecule has 0 spiro atoms. The molecular weight excluding hydrogens is 300 g/mol. The smallest absolute Gasteiger partial charge is 0.0510 e. The Bertz CT molecular complexity index is 384. The van der Waals surface area contributed by atoms with Crippen LogP contribution in [0.5, 0.6) is 0 Å². The minimum atomic E-state index is 0.954. The number of nitrogens with zero attached hydrogens (tertiary/aromatic N) is 1. The maximum absolute atomic E-state index is 3.75. The second-order valence-corrected chi connectivity index (χ2v) is 6.18. The van der Waals surface area contributed by atoms with Gasteiger partial charge >= 0.3 is 0 Å². The van der Waals surface area contributed by atoms with E-state index < -0.39 is 0 Å². The van der Waals surface area contributed by atoms with E-state index in [0.717, 1.165) is 13.1 Å². The second-order valence-electron chi connectivity index (χ2n) is 5.32. The summed E-state index contributed by atoms with van der Waals surface area (Å²) >= 11 is 3.75. The van der Waals surface area contributed by atoms with Crippen LogP contribution in [0, 0.1) is 0 Å². The molecule has 0 amide bonds. The largest absolute Gasteiger partial charge is 0.371 e. The lowest BCUT2D eigenvalue weighted by molar-refractivity contribution is 0.556. The zero-order valence-corrected chi connectivity index (χ0v) is 13.5. The van der Waals surface area contributed by atoms with Crippen molar-refractivity contribution in [1.82, 2.24) is 5.32 Å². The van der Waals surface area contributed by atoms with Crippen molar-refractivity contribution < 1.29 is 0 Å². The molecule has 0 unspecified atom stereocenters. The van der Waals surface area contributed by atoms with Crippen molar-refractivity contribution in [3.63, 3.8) is 0 Å². The molecule has 1 aliphatic heterocycles. The number of benzene rings is 1. The predicted octanol–water partition coefficient (Wildman–Crippen LogP) is 4.33. The Kier molecular flexibility index (Phi) is 6.18. The van der Waals surface area contributed by atoms with Gasteiger partial charge in [-0.1, -0.05) is 32.3 Å². The van der Waals surface area contributed by atoms with E-state index in [1.807, 2.05) is 0 Å². The zero-order valence-electron chi connectivity index (χ0n) is 11.9. The Hall–Kier alpha value is -0.540. The molecule has 2 nitrogen and oxygen atoms in total. The zero-order chi connectivity index (χ0) is 13.5. The van der Waals surface area contributed by atoms with Gasteiger partial charge in [-0.25, -0.2) is 0 Å². The highest BCUT2D eigenvalue weighted by Crippen LogP contribution is 2.29. The lowest BCUT2D eigenvalue weighted by Crippen LogP contribution is -2.27. The molecule has 19 heavy (non-hydrogen) atoms. The lowest BCUT2D eigenvalue weighted by Gasteiger charge is -2.28. The van der Waals surface area contributed by atoms with Crippen molar-refractivity contribution in [3.8, 4) is 0 Å². The summed E-state index contributed by atoms with van der Waals surface area (Å²) in [4.78, 5) is 2.54. The summed E-state index contributed by atoms with van der Waals surface area (Å²) < 4.78 is 1.24. The van der Waals surface area contributed by atoms with E-state index in [-0.39, 0.29) is 0 Å². The van der Waals surface area contributed by atoms with Gasteiger partial charge in [-0.2, -0.15) is 0 Å². The van der Waals surface area contributed by atoms with Gasteiger partial charge in [-0.3, -0.25) is 0 Å². The van der Waals surface area contributed by atoms with Gasteiger partial charge in [-0.15, -0.1) is 0 Å². The summed E-state index contributed by atoms with van der Waals surface area (Å²) in [7, 11) is 0. The van der Waals surface area contributed by atoms with Crippen LogP contribution in [0.3, 0.4) is 0 Å². The van der Waals surface area contributed by atoms with E-state index in [1.54, 1.807) is 0 Å². The van der Waals surface area contributed by atoms with E-state index in [9.17, 15) is 0 Å². The molecule has 3 heteroatoms. The lowest BCUT2D eigenvalue weighted by atomic mass is 10.1. The highest BCUT2D eigenvalue weighted by atomic mass is 79.9. The minimum Gasteiger partial charge on any atom is -0.371 e. The molecule has 0 aliphatic carbocycles. The van der Waals surface area contributed by atoms with Crippen LogP contribution in [0.15, 0.2) is 22.7 Å². The molecule has 0 radical (unpaired) electrons. The monoisotopic (exact) mass is 324 g/mol. The Morgan fingerprint density at radius 2 is 1.79 bits per heavy atom. The van der Waals surface area contributed by atoms with E-state index >= 15 is 0 Å². The van der Waals surface area contributed by atoms with E-state index in [0.29, 0.717) is 0 Å².